The number of para-hydroxylation sites is 2. The van der Waals surface area contributed by atoms with Gasteiger partial charge >= 0.3 is 0 Å². The Balaban J connectivity index is 1.81. The number of pyridine rings is 1. The number of methoxy groups -OCH3 is 1. The van der Waals surface area contributed by atoms with Crippen molar-refractivity contribution in [3.05, 3.63) is 48.2 Å². The Labute approximate surface area is 135 Å². The molecule has 0 saturated carbocycles. The summed E-state index contributed by atoms with van der Waals surface area (Å²) in [5.41, 5.74) is 0.883. The van der Waals surface area contributed by atoms with Gasteiger partial charge < -0.3 is 19.5 Å². The molecule has 1 aromatic carbocycles. The van der Waals surface area contributed by atoms with Crippen molar-refractivity contribution in [2.45, 2.75) is 13.5 Å². The Morgan fingerprint density at radius 2 is 1.87 bits per heavy atom. The van der Waals surface area contributed by atoms with E-state index in [2.05, 4.69) is 10.3 Å². The average Bonchev–Trinajstić information content (AvgIpc) is 2.60. The number of hydrogen-bond donors (Lipinski definition) is 1. The molecule has 0 atom stereocenters. The van der Waals surface area contributed by atoms with Crippen molar-refractivity contribution in [3.8, 4) is 17.4 Å². The van der Waals surface area contributed by atoms with Crippen LogP contribution in [-0.2, 0) is 11.3 Å². The first-order chi connectivity index (χ1) is 11.2. The van der Waals surface area contributed by atoms with E-state index in [0.717, 1.165) is 5.56 Å². The van der Waals surface area contributed by atoms with Gasteiger partial charge in [0.1, 0.15) is 0 Å². The average molecular weight is 316 g/mol. The number of nitrogens with zero attached hydrogens (tertiary/aromatic N) is 1. The van der Waals surface area contributed by atoms with Crippen molar-refractivity contribution in [3.63, 3.8) is 0 Å². The number of hydrogen-bond acceptors (Lipinski definition) is 5. The van der Waals surface area contributed by atoms with E-state index < -0.39 is 0 Å². The summed E-state index contributed by atoms with van der Waals surface area (Å²) in [5, 5.41) is 2.77. The van der Waals surface area contributed by atoms with Crippen LogP contribution in [0.4, 0.5) is 0 Å². The van der Waals surface area contributed by atoms with Crippen LogP contribution in [0.25, 0.3) is 0 Å². The lowest BCUT2D eigenvalue weighted by Crippen LogP contribution is -2.28. The maximum atomic E-state index is 11.9. The minimum atomic E-state index is -0.216. The number of carbonyl (C=O) groups is 1. The summed E-state index contributed by atoms with van der Waals surface area (Å²) in [5.74, 6) is 1.50. The van der Waals surface area contributed by atoms with Crippen molar-refractivity contribution in [1.82, 2.24) is 10.3 Å². The van der Waals surface area contributed by atoms with Crippen LogP contribution in [0.3, 0.4) is 0 Å². The molecule has 1 heterocycles. The van der Waals surface area contributed by atoms with E-state index in [0.29, 0.717) is 30.5 Å². The molecular formula is C17H20N2O4. The molecule has 2 rings (SSSR count). The van der Waals surface area contributed by atoms with Crippen LogP contribution in [-0.4, -0.2) is 31.2 Å². The van der Waals surface area contributed by atoms with E-state index in [9.17, 15) is 4.79 Å². The van der Waals surface area contributed by atoms with Crippen molar-refractivity contribution in [2.24, 2.45) is 0 Å². The normalized spacial score (nSPS) is 10.0. The van der Waals surface area contributed by atoms with Crippen LogP contribution in [0.5, 0.6) is 17.4 Å². The van der Waals surface area contributed by atoms with Crippen molar-refractivity contribution < 1.29 is 19.0 Å². The smallest absolute Gasteiger partial charge is 0.258 e. The molecule has 6 nitrogen and oxygen atoms in total. The highest BCUT2D eigenvalue weighted by atomic mass is 16.5. The van der Waals surface area contributed by atoms with E-state index in [1.54, 1.807) is 31.5 Å². The van der Waals surface area contributed by atoms with Gasteiger partial charge in [0, 0.05) is 18.8 Å². The highest BCUT2D eigenvalue weighted by Crippen LogP contribution is 2.26. The van der Waals surface area contributed by atoms with Crippen LogP contribution >= 0.6 is 0 Å². The van der Waals surface area contributed by atoms with E-state index in [1.165, 1.54) is 0 Å². The fraction of sp³-hybridized carbons (Fsp3) is 0.294. The van der Waals surface area contributed by atoms with Crippen LogP contribution in [0.2, 0.25) is 0 Å². The van der Waals surface area contributed by atoms with Crippen LogP contribution in [0.1, 0.15) is 12.5 Å². The van der Waals surface area contributed by atoms with Crippen molar-refractivity contribution in [2.75, 3.05) is 20.3 Å². The first-order valence-electron chi connectivity index (χ1n) is 7.33. The lowest BCUT2D eigenvalue weighted by atomic mass is 10.3. The molecule has 122 valence electrons. The van der Waals surface area contributed by atoms with Gasteiger partial charge in [-0.3, -0.25) is 4.79 Å². The van der Waals surface area contributed by atoms with Gasteiger partial charge in [-0.2, -0.15) is 0 Å². The standard InChI is InChI=1S/C17H20N2O4/c1-3-22-14-6-4-5-7-15(14)23-12-16(20)18-10-13-8-9-17(21-2)19-11-13/h4-9,11H,3,10,12H2,1-2H3,(H,18,20). The summed E-state index contributed by atoms with van der Waals surface area (Å²) >= 11 is 0. The van der Waals surface area contributed by atoms with Crippen molar-refractivity contribution in [1.29, 1.82) is 0 Å². The highest BCUT2D eigenvalue weighted by Gasteiger charge is 2.07. The highest BCUT2D eigenvalue weighted by molar-refractivity contribution is 5.77. The van der Waals surface area contributed by atoms with Gasteiger partial charge in [-0.15, -0.1) is 0 Å². The number of nitrogens with one attached hydrogen (secondary N) is 1. The second-order valence-corrected chi connectivity index (χ2v) is 4.65. The zero-order valence-corrected chi connectivity index (χ0v) is 13.2. The third-order valence-electron chi connectivity index (χ3n) is 3.00. The minimum Gasteiger partial charge on any atom is -0.490 e. The Morgan fingerprint density at radius 3 is 2.48 bits per heavy atom. The third kappa shape index (κ3) is 5.18. The second-order valence-electron chi connectivity index (χ2n) is 4.65. The largest absolute Gasteiger partial charge is 0.490 e. The molecule has 1 amide bonds. The maximum Gasteiger partial charge on any atom is 0.258 e. The fourth-order valence-corrected chi connectivity index (χ4v) is 1.88. The molecule has 1 aromatic heterocycles. The van der Waals surface area contributed by atoms with E-state index >= 15 is 0 Å². The monoisotopic (exact) mass is 316 g/mol. The molecule has 0 aliphatic rings. The Kier molecular flexibility index (Phi) is 6.23. The molecule has 23 heavy (non-hydrogen) atoms. The number of benzene rings is 1. The molecule has 0 radical (unpaired) electrons. The molecule has 0 saturated heterocycles. The summed E-state index contributed by atoms with van der Waals surface area (Å²) in [6.45, 7) is 2.74. The topological polar surface area (TPSA) is 69.7 Å². The van der Waals surface area contributed by atoms with Crippen LogP contribution < -0.4 is 19.5 Å². The molecule has 0 aliphatic carbocycles. The molecule has 0 unspecified atom stereocenters. The lowest BCUT2D eigenvalue weighted by molar-refractivity contribution is -0.123. The SMILES string of the molecule is CCOc1ccccc1OCC(=O)NCc1ccc(OC)nc1. The molecule has 2 aromatic rings. The number of amides is 1. The Bertz CT molecular complexity index is 629. The number of aromatic nitrogens is 1. The summed E-state index contributed by atoms with van der Waals surface area (Å²) in [6.07, 6.45) is 1.66. The van der Waals surface area contributed by atoms with Gasteiger partial charge in [0.25, 0.3) is 5.91 Å². The molecule has 0 aliphatic heterocycles. The van der Waals surface area contributed by atoms with Gasteiger partial charge in [-0.1, -0.05) is 18.2 Å². The molecule has 0 bridgehead atoms. The minimum absolute atomic E-state index is 0.0757. The zero-order valence-electron chi connectivity index (χ0n) is 13.2. The van der Waals surface area contributed by atoms with Gasteiger partial charge in [0.2, 0.25) is 5.88 Å². The summed E-state index contributed by atoms with van der Waals surface area (Å²) < 4.78 is 15.9. The predicted molar refractivity (Wildman–Crippen MR) is 85.7 cm³/mol. The molecular weight excluding hydrogens is 296 g/mol. The van der Waals surface area contributed by atoms with Crippen molar-refractivity contribution >= 4 is 5.91 Å². The lowest BCUT2D eigenvalue weighted by Gasteiger charge is -2.11. The van der Waals surface area contributed by atoms with Gasteiger partial charge in [0.05, 0.1) is 13.7 Å². The third-order valence-corrected chi connectivity index (χ3v) is 3.00. The quantitative estimate of drug-likeness (QED) is 0.808. The summed E-state index contributed by atoms with van der Waals surface area (Å²) in [4.78, 5) is 15.9. The van der Waals surface area contributed by atoms with E-state index in [-0.39, 0.29) is 12.5 Å². The number of ether oxygens (including phenoxy) is 3. The summed E-state index contributed by atoms with van der Waals surface area (Å²) in [6, 6.07) is 10.9. The van der Waals surface area contributed by atoms with Crippen LogP contribution in [0, 0.1) is 0 Å². The van der Waals surface area contributed by atoms with Crippen LogP contribution in [0.15, 0.2) is 42.6 Å². The molecule has 1 N–H and O–H groups in total. The predicted octanol–water partition coefficient (Wildman–Crippen LogP) is 2.18. The van der Waals surface area contributed by atoms with Gasteiger partial charge in [0.15, 0.2) is 18.1 Å². The second kappa shape index (κ2) is 8.63. The molecule has 6 heteroatoms. The number of carbonyl (C=O) groups excluding carboxylic acids is 1. The van der Waals surface area contributed by atoms with E-state index in [4.69, 9.17) is 14.2 Å². The first kappa shape index (κ1) is 16.6. The first-order valence-corrected chi connectivity index (χ1v) is 7.33. The van der Waals surface area contributed by atoms with Gasteiger partial charge in [-0.25, -0.2) is 4.98 Å². The number of rotatable bonds is 8. The molecule has 0 spiro atoms. The molecule has 0 fully saturated rings. The van der Waals surface area contributed by atoms with E-state index in [1.807, 2.05) is 25.1 Å². The fourth-order valence-electron chi connectivity index (χ4n) is 1.88. The van der Waals surface area contributed by atoms with Gasteiger partial charge in [-0.05, 0) is 24.6 Å². The zero-order chi connectivity index (χ0) is 16.5. The Hall–Kier alpha value is -2.76. The Morgan fingerprint density at radius 1 is 1.13 bits per heavy atom. The summed E-state index contributed by atoms with van der Waals surface area (Å²) in [7, 11) is 1.56. The maximum absolute atomic E-state index is 11.9.